The summed E-state index contributed by atoms with van der Waals surface area (Å²) in [6, 6.07) is 14.4. The fourth-order valence-electron chi connectivity index (χ4n) is 7.45. The molecule has 0 atom stereocenters. The van der Waals surface area contributed by atoms with Gasteiger partial charge < -0.3 is 30.7 Å². The van der Waals surface area contributed by atoms with Crippen molar-refractivity contribution in [3.05, 3.63) is 129 Å². The zero-order valence-corrected chi connectivity index (χ0v) is 37.4. The lowest BCUT2D eigenvalue weighted by Crippen LogP contribution is -2.29. The van der Waals surface area contributed by atoms with Crippen LogP contribution < -0.4 is 21.5 Å². The van der Waals surface area contributed by atoms with E-state index in [9.17, 15) is 81.3 Å². The van der Waals surface area contributed by atoms with Crippen LogP contribution in [0.1, 0.15) is 42.2 Å². The molecule has 2 aromatic heterocycles. The number of carboxylic acids is 1. The van der Waals surface area contributed by atoms with E-state index in [1.54, 1.807) is 0 Å². The van der Waals surface area contributed by atoms with Crippen LogP contribution in [0.2, 0.25) is 0 Å². The third-order valence-electron chi connectivity index (χ3n) is 10.4. The monoisotopic (exact) mass is 1020 g/mol. The van der Waals surface area contributed by atoms with Crippen LogP contribution in [0.5, 0.6) is 6.01 Å². The molecular formula is C40H27N7O18S4. The Labute approximate surface area is 386 Å². The van der Waals surface area contributed by atoms with Crippen molar-refractivity contribution < 1.29 is 76.5 Å². The fourth-order valence-corrected chi connectivity index (χ4v) is 9.87. The molecule has 0 spiro atoms. The molecule has 25 nitrogen and oxygen atoms in total. The van der Waals surface area contributed by atoms with Gasteiger partial charge in [0, 0.05) is 29.1 Å². The van der Waals surface area contributed by atoms with Crippen LogP contribution in [-0.4, -0.2) is 99.2 Å². The molecule has 2 heterocycles. The lowest BCUT2D eigenvalue weighted by Gasteiger charge is -2.26. The van der Waals surface area contributed by atoms with Gasteiger partial charge >= 0.3 is 12.0 Å². The van der Waals surface area contributed by atoms with E-state index in [0.29, 0.717) is 12.1 Å². The van der Waals surface area contributed by atoms with Crippen molar-refractivity contribution in [1.29, 1.82) is 0 Å². The molecular weight excluding hydrogens is 995 g/mol. The molecule has 0 unspecified atom stereocenters. The second-order valence-corrected chi connectivity index (χ2v) is 20.3. The number of aromatic hydroxyl groups is 1. The molecule has 9 N–H and O–H groups in total. The number of nitrogens with one attached hydrogen (secondary N) is 3. The molecule has 69 heavy (non-hydrogen) atoms. The van der Waals surface area contributed by atoms with Gasteiger partial charge in [0.05, 0.1) is 54.7 Å². The third kappa shape index (κ3) is 8.84. The minimum absolute atomic E-state index is 0.0416. The lowest BCUT2D eigenvalue weighted by atomic mass is 9.80. The van der Waals surface area contributed by atoms with Crippen molar-refractivity contribution in [3.8, 4) is 17.1 Å². The number of carboxylic acid groups (broad SMARTS) is 1. The second kappa shape index (κ2) is 16.6. The summed E-state index contributed by atoms with van der Waals surface area (Å²) in [5.41, 5.74) is -5.22. The maximum atomic E-state index is 14.6. The largest absolute Gasteiger partial charge is 0.479 e. The molecule has 0 saturated carbocycles. The number of anilines is 6. The molecule has 0 bridgehead atoms. The summed E-state index contributed by atoms with van der Waals surface area (Å²) in [5.74, 6) is -4.98. The second-order valence-electron chi connectivity index (χ2n) is 14.6. The van der Waals surface area contributed by atoms with E-state index in [0.717, 1.165) is 34.9 Å². The Morgan fingerprint density at radius 3 is 1.75 bits per heavy atom. The normalized spacial score (nSPS) is 12.6. The number of fused-ring (bicyclic) bond motifs is 2. The molecule has 29 heteroatoms. The minimum atomic E-state index is -5.49. The molecule has 8 rings (SSSR count). The van der Waals surface area contributed by atoms with Crippen molar-refractivity contribution in [2.75, 3.05) is 16.0 Å². The Kier molecular flexibility index (Phi) is 11.4. The van der Waals surface area contributed by atoms with Gasteiger partial charge in [0.25, 0.3) is 46.0 Å². The van der Waals surface area contributed by atoms with Crippen LogP contribution in [0.25, 0.3) is 22.0 Å². The van der Waals surface area contributed by atoms with Gasteiger partial charge in [-0.2, -0.15) is 48.6 Å². The number of carbonyl (C=O) groups excluding carboxylic acids is 2. The van der Waals surface area contributed by atoms with Crippen LogP contribution in [0.3, 0.4) is 0 Å². The summed E-state index contributed by atoms with van der Waals surface area (Å²) in [5, 5.41) is 27.3. The fraction of sp³-hybridized carbons (Fsp3) is 0.0250. The van der Waals surface area contributed by atoms with Crippen LogP contribution >= 0.6 is 0 Å². The Morgan fingerprint density at radius 2 is 1.16 bits per heavy atom. The number of rotatable bonds is 13. The van der Waals surface area contributed by atoms with Gasteiger partial charge in [-0.15, -0.1) is 0 Å². The number of nitrogens with zero attached hydrogens (tertiary/aromatic N) is 4. The van der Waals surface area contributed by atoms with Gasteiger partial charge in [0.2, 0.25) is 11.9 Å². The molecule has 0 radical (unpaired) electrons. The Morgan fingerprint density at radius 1 is 0.580 bits per heavy atom. The van der Waals surface area contributed by atoms with Crippen LogP contribution in [-0.2, 0) is 47.5 Å². The lowest BCUT2D eigenvalue weighted by molar-refractivity contribution is 0.0697. The average molecular weight is 1020 g/mol. The van der Waals surface area contributed by atoms with Gasteiger partial charge in [0.1, 0.15) is 9.79 Å². The van der Waals surface area contributed by atoms with Gasteiger partial charge in [0.15, 0.2) is 11.6 Å². The summed E-state index contributed by atoms with van der Waals surface area (Å²) in [6.45, 7) is 0. The van der Waals surface area contributed by atoms with E-state index < -0.39 is 129 Å². The Balaban J connectivity index is 1.31. The Bertz CT molecular complexity index is 4010. The quantitative estimate of drug-likeness (QED) is 0.0586. The summed E-state index contributed by atoms with van der Waals surface area (Å²) in [6.07, 6.45) is 0. The van der Waals surface area contributed by atoms with Crippen molar-refractivity contribution in [2.24, 2.45) is 7.05 Å². The Hall–Kier alpha value is -8.03. The average Bonchev–Trinajstić information content (AvgIpc) is 3.25. The third-order valence-corrected chi connectivity index (χ3v) is 13.9. The van der Waals surface area contributed by atoms with Crippen LogP contribution in [0.4, 0.5) is 34.6 Å². The van der Waals surface area contributed by atoms with E-state index in [1.165, 1.54) is 49.5 Å². The SMILES string of the molecule is Cn1c(=O)c(C(=O)c2cccc(S(=O)(=O)O)c2)c2c3c(c(Nc4cc(Nc5nc(O)nc(Nc6cc(S(=O)(=O)O)ccc6C(=O)O)n5)c(S(=O)(=O)O)cc4S(=O)(=O)O)ccc31)C(=O)c1ccccc1-2. The number of benzene rings is 5. The highest BCUT2D eigenvalue weighted by Crippen LogP contribution is 2.45. The minimum Gasteiger partial charge on any atom is -0.479 e. The summed E-state index contributed by atoms with van der Waals surface area (Å²) in [7, 11) is -19.5. The standard InChI is InChI=1S/C40H27N7O18S4/c1-47-27-12-11-23(31-32(27)30(20-7-2-3-8-21(20)35(31)49)33(36(47)50)34(48)17-5-4-6-18(13-17)66(54,55)56)41-25-15-26(29(69(63,64)65)16-28(25)68(60,61)62)43-39-44-38(45-40(53)46-39)42-24-14-19(67(57,58)59)9-10-22(24)37(51)52/h2-16,41H,1H3,(H,51,52)(H,54,55,56)(H,57,58,59)(H,60,61,62)(H,63,64,65)(H3,42,43,44,45,46,53). The molecule has 1 aliphatic carbocycles. The van der Waals surface area contributed by atoms with Crippen LogP contribution in [0.15, 0.2) is 115 Å². The van der Waals surface area contributed by atoms with E-state index in [1.807, 2.05) is 0 Å². The van der Waals surface area contributed by atoms with E-state index in [-0.39, 0.29) is 50.5 Å². The van der Waals surface area contributed by atoms with Gasteiger partial charge in [-0.05, 0) is 60.2 Å². The van der Waals surface area contributed by atoms with E-state index >= 15 is 0 Å². The molecule has 0 aliphatic heterocycles. The maximum Gasteiger partial charge on any atom is 0.337 e. The number of hydrogen-bond acceptors (Lipinski definition) is 19. The molecule has 354 valence electrons. The predicted octanol–water partition coefficient (Wildman–Crippen LogP) is 3.79. The first-order valence-corrected chi connectivity index (χ1v) is 24.6. The number of aromatic carboxylic acids is 1. The maximum absolute atomic E-state index is 14.6. The van der Waals surface area contributed by atoms with Crippen LogP contribution in [0, 0.1) is 0 Å². The van der Waals surface area contributed by atoms with Gasteiger partial charge in [-0.3, -0.25) is 32.6 Å². The zero-order chi connectivity index (χ0) is 50.3. The van der Waals surface area contributed by atoms with E-state index in [2.05, 4.69) is 30.9 Å². The molecule has 0 fully saturated rings. The highest BCUT2D eigenvalue weighted by Gasteiger charge is 2.35. The van der Waals surface area contributed by atoms with E-state index in [4.69, 9.17) is 0 Å². The first kappa shape index (κ1) is 47.5. The van der Waals surface area contributed by atoms with Crippen molar-refractivity contribution in [1.82, 2.24) is 19.5 Å². The van der Waals surface area contributed by atoms with Crippen molar-refractivity contribution in [2.45, 2.75) is 19.6 Å². The first-order valence-electron chi connectivity index (χ1n) is 18.8. The summed E-state index contributed by atoms with van der Waals surface area (Å²) >= 11 is 0. The number of carbonyl (C=O) groups is 3. The molecule has 0 amide bonds. The van der Waals surface area contributed by atoms with Gasteiger partial charge in [-0.1, -0.05) is 36.4 Å². The smallest absolute Gasteiger partial charge is 0.337 e. The number of aryl methyl sites for hydroxylation is 1. The predicted molar refractivity (Wildman–Crippen MR) is 238 cm³/mol. The highest BCUT2D eigenvalue weighted by molar-refractivity contribution is 7.87. The number of hydrogen-bond donors (Lipinski definition) is 9. The molecule has 5 aromatic carbocycles. The van der Waals surface area contributed by atoms with Crippen molar-refractivity contribution in [3.63, 3.8) is 0 Å². The van der Waals surface area contributed by atoms with Crippen molar-refractivity contribution >= 4 is 104 Å². The molecule has 7 aromatic rings. The van der Waals surface area contributed by atoms with Gasteiger partial charge in [-0.25, -0.2) is 4.79 Å². The summed E-state index contributed by atoms with van der Waals surface area (Å²) < 4.78 is 140. The molecule has 0 saturated heterocycles. The number of ketones is 2. The zero-order valence-electron chi connectivity index (χ0n) is 34.2. The topological polar surface area (TPSA) is 406 Å². The molecule has 1 aliphatic rings. The summed E-state index contributed by atoms with van der Waals surface area (Å²) in [4.78, 5) is 62.1. The first-order chi connectivity index (χ1) is 32.1. The highest BCUT2D eigenvalue weighted by atomic mass is 32.2. The number of aromatic nitrogens is 4. The number of pyridine rings is 1.